The van der Waals surface area contributed by atoms with Crippen molar-refractivity contribution in [2.24, 2.45) is 5.92 Å². The van der Waals surface area contributed by atoms with Crippen LogP contribution in [0.1, 0.15) is 23.2 Å². The summed E-state index contributed by atoms with van der Waals surface area (Å²) in [5.74, 6) is 8.19. The van der Waals surface area contributed by atoms with Crippen molar-refractivity contribution in [1.82, 2.24) is 20.3 Å². The molecule has 37 heavy (non-hydrogen) atoms. The minimum Gasteiger partial charge on any atom is -0.455 e. The van der Waals surface area contributed by atoms with Crippen LogP contribution < -0.4 is 15.4 Å². The van der Waals surface area contributed by atoms with Crippen LogP contribution in [0.15, 0.2) is 61.1 Å². The fourth-order valence-corrected chi connectivity index (χ4v) is 4.02. The Morgan fingerprint density at radius 1 is 1.11 bits per heavy atom. The predicted molar refractivity (Wildman–Crippen MR) is 142 cm³/mol. The number of nitrogens with zero attached hydrogens (tertiary/aromatic N) is 3. The maximum Gasteiger partial charge on any atom is 0.226 e. The molecule has 8 heteroatoms. The number of nitrogens with one attached hydrogen (secondary N) is 2. The van der Waals surface area contributed by atoms with Gasteiger partial charge in [0.25, 0.3) is 0 Å². The van der Waals surface area contributed by atoms with Gasteiger partial charge in [-0.05, 0) is 74.4 Å². The van der Waals surface area contributed by atoms with E-state index in [9.17, 15) is 4.79 Å². The normalized spacial score (nSPS) is 14.6. The molecule has 2 aromatic heterocycles. The van der Waals surface area contributed by atoms with Gasteiger partial charge >= 0.3 is 0 Å². The molecule has 0 saturated carbocycles. The van der Waals surface area contributed by atoms with Crippen molar-refractivity contribution in [2.45, 2.75) is 20.3 Å². The molecular weight excluding hydrogens is 466 g/mol. The van der Waals surface area contributed by atoms with Gasteiger partial charge in [-0.15, -0.1) is 0 Å². The molecule has 1 fully saturated rings. The lowest BCUT2D eigenvalue weighted by atomic mass is 10.1. The highest BCUT2D eigenvalue weighted by molar-refractivity contribution is 5.91. The van der Waals surface area contributed by atoms with E-state index in [1.54, 1.807) is 6.20 Å². The van der Waals surface area contributed by atoms with Crippen LogP contribution >= 0.6 is 0 Å². The third-order valence-electron chi connectivity index (χ3n) is 6.07. The number of anilines is 2. The number of carbonyl (C=O) groups is 1. The van der Waals surface area contributed by atoms with Crippen LogP contribution in [0.5, 0.6) is 11.5 Å². The molecule has 0 bridgehead atoms. The first-order valence-corrected chi connectivity index (χ1v) is 12.1. The lowest BCUT2D eigenvalue weighted by molar-refractivity contribution is -0.124. The lowest BCUT2D eigenvalue weighted by Crippen LogP contribution is -2.31. The summed E-state index contributed by atoms with van der Waals surface area (Å²) in [4.78, 5) is 25.2. The molecule has 1 saturated heterocycles. The van der Waals surface area contributed by atoms with Gasteiger partial charge in [-0.3, -0.25) is 9.78 Å². The van der Waals surface area contributed by atoms with Gasteiger partial charge in [0.15, 0.2) is 0 Å². The Kier molecular flexibility index (Phi) is 7.24. The third-order valence-corrected chi connectivity index (χ3v) is 6.07. The monoisotopic (exact) mass is 493 g/mol. The smallest absolute Gasteiger partial charge is 0.226 e. The largest absolute Gasteiger partial charge is 0.455 e. The summed E-state index contributed by atoms with van der Waals surface area (Å²) < 4.78 is 11.2. The second-order valence-electron chi connectivity index (χ2n) is 8.88. The van der Waals surface area contributed by atoms with Gasteiger partial charge in [0, 0.05) is 28.9 Å². The van der Waals surface area contributed by atoms with Crippen molar-refractivity contribution < 1.29 is 14.3 Å². The maximum absolute atomic E-state index is 12.1. The number of rotatable bonds is 6. The Labute approximate surface area is 215 Å². The molecule has 1 atom stereocenters. The van der Waals surface area contributed by atoms with E-state index in [0.29, 0.717) is 24.8 Å². The van der Waals surface area contributed by atoms with Gasteiger partial charge in [0.05, 0.1) is 30.8 Å². The highest BCUT2D eigenvalue weighted by Crippen LogP contribution is 2.29. The van der Waals surface area contributed by atoms with E-state index >= 15 is 0 Å². The van der Waals surface area contributed by atoms with Gasteiger partial charge in [0.1, 0.15) is 23.6 Å². The molecule has 186 valence electrons. The SMILES string of the molecule is Cc1ccc(Oc2ccc(Nc3ncnc4ccc(C#CCNC(=O)C5CCOC5)cc34)cc2C)cn1. The summed E-state index contributed by atoms with van der Waals surface area (Å²) in [7, 11) is 0. The molecule has 2 N–H and O–H groups in total. The van der Waals surface area contributed by atoms with Crippen LogP contribution in [0.3, 0.4) is 0 Å². The number of pyridine rings is 1. The van der Waals surface area contributed by atoms with Crippen molar-refractivity contribution in [1.29, 1.82) is 0 Å². The van der Waals surface area contributed by atoms with E-state index in [0.717, 1.165) is 45.6 Å². The Bertz CT molecular complexity index is 1490. The van der Waals surface area contributed by atoms with Gasteiger partial charge in [-0.1, -0.05) is 11.8 Å². The molecule has 0 aliphatic carbocycles. The average Bonchev–Trinajstić information content (AvgIpc) is 3.45. The summed E-state index contributed by atoms with van der Waals surface area (Å²) in [6.07, 6.45) is 4.01. The minimum absolute atomic E-state index is 0.00700. The molecule has 1 aliphatic heterocycles. The number of ether oxygens (including phenoxy) is 2. The quantitative estimate of drug-likeness (QED) is 0.376. The molecule has 1 aliphatic rings. The van der Waals surface area contributed by atoms with Gasteiger partial charge in [0.2, 0.25) is 5.91 Å². The van der Waals surface area contributed by atoms with Crippen LogP contribution in [0, 0.1) is 31.6 Å². The van der Waals surface area contributed by atoms with E-state index < -0.39 is 0 Å². The second-order valence-corrected chi connectivity index (χ2v) is 8.88. The molecule has 5 rings (SSSR count). The third kappa shape index (κ3) is 6.02. The molecule has 4 aromatic rings. The van der Waals surface area contributed by atoms with Gasteiger partial charge in [-0.25, -0.2) is 9.97 Å². The summed E-state index contributed by atoms with van der Waals surface area (Å²) >= 11 is 0. The van der Waals surface area contributed by atoms with Crippen LogP contribution in [0.2, 0.25) is 0 Å². The molecule has 3 heterocycles. The Morgan fingerprint density at radius 2 is 2.03 bits per heavy atom. The molecule has 1 unspecified atom stereocenters. The first kappa shape index (κ1) is 24.2. The molecule has 2 aromatic carbocycles. The van der Waals surface area contributed by atoms with Crippen molar-refractivity contribution in [2.75, 3.05) is 25.1 Å². The zero-order valence-corrected chi connectivity index (χ0v) is 20.7. The number of hydrogen-bond acceptors (Lipinski definition) is 7. The molecular formula is C29H27N5O3. The topological polar surface area (TPSA) is 98.3 Å². The number of carbonyl (C=O) groups excluding carboxylic acids is 1. The van der Waals surface area contributed by atoms with E-state index in [4.69, 9.17) is 9.47 Å². The van der Waals surface area contributed by atoms with Crippen LogP contribution in [-0.4, -0.2) is 40.6 Å². The average molecular weight is 494 g/mol. The molecule has 1 amide bonds. The number of hydrogen-bond donors (Lipinski definition) is 2. The summed E-state index contributed by atoms with van der Waals surface area (Å²) in [5.41, 5.74) is 4.41. The second kappa shape index (κ2) is 11.1. The van der Waals surface area contributed by atoms with Crippen molar-refractivity contribution in [3.05, 3.63) is 77.9 Å². The van der Waals surface area contributed by atoms with E-state index in [2.05, 4.69) is 37.4 Å². The Morgan fingerprint density at radius 3 is 2.81 bits per heavy atom. The van der Waals surface area contributed by atoms with Crippen molar-refractivity contribution >= 4 is 28.3 Å². The number of aromatic nitrogens is 3. The standard InChI is InChI=1S/C29H27N5O3/c1-19-14-23(7-10-27(19)37-24-8-5-20(2)31-16-24)34-28-25-15-21(6-9-26(25)32-18-33-28)4-3-12-30-29(35)22-11-13-36-17-22/h5-10,14-16,18,22H,11-13,17H2,1-2H3,(H,30,35)(H,32,33,34). The fourth-order valence-electron chi connectivity index (χ4n) is 4.02. The highest BCUT2D eigenvalue weighted by Gasteiger charge is 2.22. The van der Waals surface area contributed by atoms with E-state index in [-0.39, 0.29) is 18.4 Å². The van der Waals surface area contributed by atoms with E-state index in [1.807, 2.05) is 62.4 Å². The van der Waals surface area contributed by atoms with Crippen molar-refractivity contribution in [3.8, 4) is 23.3 Å². The van der Waals surface area contributed by atoms with Gasteiger partial charge < -0.3 is 20.1 Å². The summed E-state index contributed by atoms with van der Waals surface area (Å²) in [6, 6.07) is 15.5. The van der Waals surface area contributed by atoms with E-state index in [1.165, 1.54) is 6.33 Å². The first-order valence-electron chi connectivity index (χ1n) is 12.1. The first-order chi connectivity index (χ1) is 18.0. The number of aryl methyl sites for hydroxylation is 2. The Hall–Kier alpha value is -4.48. The van der Waals surface area contributed by atoms with Crippen LogP contribution in [-0.2, 0) is 9.53 Å². The van der Waals surface area contributed by atoms with Gasteiger partial charge in [-0.2, -0.15) is 0 Å². The zero-order valence-electron chi connectivity index (χ0n) is 20.7. The summed E-state index contributed by atoms with van der Waals surface area (Å²) in [6.45, 7) is 5.35. The predicted octanol–water partition coefficient (Wildman–Crippen LogP) is 4.68. The highest BCUT2D eigenvalue weighted by atomic mass is 16.5. The van der Waals surface area contributed by atoms with Crippen LogP contribution in [0.25, 0.3) is 10.9 Å². The number of amides is 1. The zero-order chi connectivity index (χ0) is 25.6. The maximum atomic E-state index is 12.1. The number of benzene rings is 2. The lowest BCUT2D eigenvalue weighted by Gasteiger charge is -2.12. The Balaban J connectivity index is 1.29. The van der Waals surface area contributed by atoms with Crippen LogP contribution in [0.4, 0.5) is 11.5 Å². The minimum atomic E-state index is -0.0721. The summed E-state index contributed by atoms with van der Waals surface area (Å²) in [5, 5.41) is 7.10. The number of fused-ring (bicyclic) bond motifs is 1. The fraction of sp³-hybridized carbons (Fsp3) is 0.241. The molecule has 8 nitrogen and oxygen atoms in total. The molecule has 0 radical (unpaired) electrons. The van der Waals surface area contributed by atoms with Crippen molar-refractivity contribution in [3.63, 3.8) is 0 Å². The molecule has 0 spiro atoms.